The summed E-state index contributed by atoms with van der Waals surface area (Å²) < 4.78 is 11.5. The van der Waals surface area contributed by atoms with Crippen LogP contribution in [0.1, 0.15) is 25.8 Å². The number of rotatable bonds is 6. The highest BCUT2D eigenvalue weighted by Crippen LogP contribution is 2.39. The number of halogens is 1. The van der Waals surface area contributed by atoms with Gasteiger partial charge >= 0.3 is 5.97 Å². The Bertz CT molecular complexity index is 506. The zero-order chi connectivity index (χ0) is 14.7. The lowest BCUT2D eigenvalue weighted by Gasteiger charge is -2.20. The van der Waals surface area contributed by atoms with Crippen LogP contribution < -0.4 is 14.8 Å². The Hall–Kier alpha value is -1.27. The Morgan fingerprint density at radius 1 is 1.50 bits per heavy atom. The van der Waals surface area contributed by atoms with Crippen LogP contribution in [0.2, 0.25) is 0 Å². The molecule has 2 rings (SSSR count). The van der Waals surface area contributed by atoms with Crippen LogP contribution in [0.3, 0.4) is 0 Å². The van der Waals surface area contributed by atoms with Crippen LogP contribution in [0.4, 0.5) is 0 Å². The number of carboxylic acid groups (broad SMARTS) is 1. The van der Waals surface area contributed by atoms with Gasteiger partial charge in [0.25, 0.3) is 0 Å². The second-order valence-corrected chi connectivity index (χ2v) is 5.75. The molecule has 0 amide bonds. The number of nitrogens with one attached hydrogen (secondary N) is 1. The molecule has 20 heavy (non-hydrogen) atoms. The fourth-order valence-corrected chi connectivity index (χ4v) is 2.72. The molecule has 0 spiro atoms. The molecule has 0 aromatic heterocycles. The Balaban J connectivity index is 2.07. The quantitative estimate of drug-likeness (QED) is 0.831. The molecule has 1 aliphatic rings. The third kappa shape index (κ3) is 3.24. The number of benzene rings is 1. The average molecular weight is 344 g/mol. The fraction of sp³-hybridized carbons (Fsp3) is 0.500. The van der Waals surface area contributed by atoms with Crippen molar-refractivity contribution in [3.05, 3.63) is 22.2 Å². The maximum atomic E-state index is 11.3. The predicted octanol–water partition coefficient (Wildman–Crippen LogP) is 2.77. The van der Waals surface area contributed by atoms with Gasteiger partial charge in [-0.2, -0.15) is 0 Å². The van der Waals surface area contributed by atoms with Crippen LogP contribution >= 0.6 is 15.9 Å². The van der Waals surface area contributed by atoms with E-state index in [1.807, 2.05) is 26.0 Å². The first kappa shape index (κ1) is 15.1. The van der Waals surface area contributed by atoms with E-state index in [2.05, 4.69) is 21.2 Å². The summed E-state index contributed by atoms with van der Waals surface area (Å²) in [6.07, 6.45) is 0.814. The first-order valence-corrected chi connectivity index (χ1v) is 7.36. The monoisotopic (exact) mass is 343 g/mol. The number of hydrogen-bond donors (Lipinski definition) is 2. The van der Waals surface area contributed by atoms with E-state index in [-0.39, 0.29) is 12.7 Å². The number of hydrogen-bond acceptors (Lipinski definition) is 4. The normalized spacial score (nSPS) is 15.9. The zero-order valence-electron chi connectivity index (χ0n) is 11.5. The van der Waals surface area contributed by atoms with Crippen molar-refractivity contribution in [1.82, 2.24) is 5.32 Å². The highest BCUT2D eigenvalue weighted by molar-refractivity contribution is 9.10. The second kappa shape index (κ2) is 6.45. The maximum Gasteiger partial charge on any atom is 0.320 e. The smallest absolute Gasteiger partial charge is 0.320 e. The molecule has 1 aromatic carbocycles. The van der Waals surface area contributed by atoms with Gasteiger partial charge in [-0.15, -0.1) is 0 Å². The lowest BCUT2D eigenvalue weighted by atomic mass is 9.99. The SMILES string of the molecule is CC[C@H](C)[C@H](NCc1cc(Br)c2c(c1)OCO2)C(=O)O. The van der Waals surface area contributed by atoms with Crippen molar-refractivity contribution in [3.8, 4) is 11.5 Å². The summed E-state index contributed by atoms with van der Waals surface area (Å²) in [4.78, 5) is 11.3. The summed E-state index contributed by atoms with van der Waals surface area (Å²) in [6.45, 7) is 4.60. The van der Waals surface area contributed by atoms with Crippen LogP contribution in [0.5, 0.6) is 11.5 Å². The van der Waals surface area contributed by atoms with Gasteiger partial charge in [0.05, 0.1) is 4.47 Å². The number of fused-ring (bicyclic) bond motifs is 1. The number of aliphatic carboxylic acids is 1. The molecule has 0 aliphatic carbocycles. The van der Waals surface area contributed by atoms with E-state index < -0.39 is 12.0 Å². The second-order valence-electron chi connectivity index (χ2n) is 4.89. The third-order valence-corrected chi connectivity index (χ3v) is 4.08. The summed E-state index contributed by atoms with van der Waals surface area (Å²) in [5.41, 5.74) is 0.954. The van der Waals surface area contributed by atoms with E-state index >= 15 is 0 Å². The van der Waals surface area contributed by atoms with E-state index in [1.165, 1.54) is 0 Å². The van der Waals surface area contributed by atoms with Gasteiger partial charge in [-0.05, 0) is 39.5 Å². The first-order valence-electron chi connectivity index (χ1n) is 6.57. The Morgan fingerprint density at radius 3 is 2.90 bits per heavy atom. The van der Waals surface area contributed by atoms with Crippen LogP contribution in [0, 0.1) is 5.92 Å². The lowest BCUT2D eigenvalue weighted by Crippen LogP contribution is -2.41. The van der Waals surface area contributed by atoms with E-state index in [4.69, 9.17) is 9.47 Å². The Labute approximate surface area is 126 Å². The number of carbonyl (C=O) groups is 1. The van der Waals surface area contributed by atoms with Crippen molar-refractivity contribution < 1.29 is 19.4 Å². The summed E-state index contributed by atoms with van der Waals surface area (Å²) in [7, 11) is 0. The summed E-state index contributed by atoms with van der Waals surface area (Å²) in [5, 5.41) is 12.3. The van der Waals surface area contributed by atoms with Crippen molar-refractivity contribution in [1.29, 1.82) is 0 Å². The third-order valence-electron chi connectivity index (χ3n) is 3.49. The first-order chi connectivity index (χ1) is 9.52. The highest BCUT2D eigenvalue weighted by Gasteiger charge is 2.23. The molecule has 0 unspecified atom stereocenters. The van der Waals surface area contributed by atoms with Crippen LogP contribution in [0.15, 0.2) is 16.6 Å². The van der Waals surface area contributed by atoms with Crippen molar-refractivity contribution in [2.75, 3.05) is 6.79 Å². The van der Waals surface area contributed by atoms with E-state index in [0.29, 0.717) is 18.0 Å². The van der Waals surface area contributed by atoms with Gasteiger partial charge in [0, 0.05) is 6.54 Å². The van der Waals surface area contributed by atoms with Crippen molar-refractivity contribution in [2.24, 2.45) is 5.92 Å². The van der Waals surface area contributed by atoms with Gasteiger partial charge in [-0.1, -0.05) is 20.3 Å². The summed E-state index contributed by atoms with van der Waals surface area (Å²) in [6, 6.07) is 3.23. The molecule has 110 valence electrons. The largest absolute Gasteiger partial charge is 0.480 e. The minimum atomic E-state index is -0.820. The summed E-state index contributed by atoms with van der Waals surface area (Å²) >= 11 is 3.43. The van der Waals surface area contributed by atoms with Crippen LogP contribution in [-0.2, 0) is 11.3 Å². The predicted molar refractivity (Wildman–Crippen MR) is 78.0 cm³/mol. The molecule has 1 heterocycles. The number of carboxylic acids is 1. The zero-order valence-corrected chi connectivity index (χ0v) is 13.1. The standard InChI is InChI=1S/C14H18BrNO4/c1-3-8(2)12(14(17)18)16-6-9-4-10(15)13-11(5-9)19-7-20-13/h4-5,8,12,16H,3,6-7H2,1-2H3,(H,17,18)/t8-,12-/m0/s1. The minimum absolute atomic E-state index is 0.0740. The number of ether oxygens (including phenoxy) is 2. The lowest BCUT2D eigenvalue weighted by molar-refractivity contribution is -0.140. The molecular weight excluding hydrogens is 326 g/mol. The van der Waals surface area contributed by atoms with Crippen molar-refractivity contribution in [2.45, 2.75) is 32.9 Å². The van der Waals surface area contributed by atoms with E-state index in [1.54, 1.807) is 0 Å². The molecular formula is C14H18BrNO4. The topological polar surface area (TPSA) is 67.8 Å². The van der Waals surface area contributed by atoms with Gasteiger partial charge < -0.3 is 19.9 Å². The molecule has 0 bridgehead atoms. The molecule has 0 saturated heterocycles. The van der Waals surface area contributed by atoms with Gasteiger partial charge in [-0.3, -0.25) is 4.79 Å². The van der Waals surface area contributed by atoms with E-state index in [9.17, 15) is 9.90 Å². The molecule has 2 atom stereocenters. The Morgan fingerprint density at radius 2 is 2.25 bits per heavy atom. The van der Waals surface area contributed by atoms with E-state index in [0.717, 1.165) is 16.5 Å². The molecule has 2 N–H and O–H groups in total. The minimum Gasteiger partial charge on any atom is -0.480 e. The molecule has 0 radical (unpaired) electrons. The maximum absolute atomic E-state index is 11.3. The molecule has 5 nitrogen and oxygen atoms in total. The van der Waals surface area contributed by atoms with Crippen LogP contribution in [-0.4, -0.2) is 23.9 Å². The van der Waals surface area contributed by atoms with Gasteiger partial charge in [0.2, 0.25) is 6.79 Å². The van der Waals surface area contributed by atoms with Gasteiger partial charge in [0.15, 0.2) is 11.5 Å². The molecule has 0 saturated carbocycles. The fourth-order valence-electron chi connectivity index (χ4n) is 2.12. The highest BCUT2D eigenvalue weighted by atomic mass is 79.9. The van der Waals surface area contributed by atoms with Crippen molar-refractivity contribution in [3.63, 3.8) is 0 Å². The summed E-state index contributed by atoms with van der Waals surface area (Å²) in [5.74, 6) is 0.640. The molecule has 6 heteroatoms. The van der Waals surface area contributed by atoms with Crippen LogP contribution in [0.25, 0.3) is 0 Å². The van der Waals surface area contributed by atoms with Gasteiger partial charge in [0.1, 0.15) is 6.04 Å². The molecule has 1 aliphatic heterocycles. The molecule has 0 fully saturated rings. The molecule has 1 aromatic rings. The Kier molecular flexibility index (Phi) is 4.88. The van der Waals surface area contributed by atoms with Gasteiger partial charge in [-0.25, -0.2) is 0 Å². The average Bonchev–Trinajstić information content (AvgIpc) is 2.87. The van der Waals surface area contributed by atoms with Crippen molar-refractivity contribution >= 4 is 21.9 Å².